The van der Waals surface area contributed by atoms with Crippen molar-refractivity contribution in [3.05, 3.63) is 138 Å². The van der Waals surface area contributed by atoms with Crippen LogP contribution in [0.4, 0.5) is 0 Å². The minimum Gasteiger partial charge on any atom is -0.242 e. The molecule has 6 aromatic carbocycles. The summed E-state index contributed by atoms with van der Waals surface area (Å²) in [5, 5.41) is 9.02. The van der Waals surface area contributed by atoms with Gasteiger partial charge in [0.25, 0.3) is 0 Å². The average molecular weight is 724 g/mol. The first kappa shape index (κ1) is 35.7. The standard InChI is InChI=1S/C48H54NOPS/c1-48(2,3)52(50)49(34-45-41-28-14-11-20-36(41)33-37-21-12-15-29-42(37)45)47(43-31-18-22-35-19-10-13-27-40(35)43)44-30-16-17-32-46(44)51(38-23-6-4-7-24-38)39-25-8-5-9-26-39/h10-22,27-33,38-39,47H,4-9,23-26,34H2,1-3H3. The summed E-state index contributed by atoms with van der Waals surface area (Å²) < 4.78 is 17.4. The van der Waals surface area contributed by atoms with Crippen molar-refractivity contribution in [2.75, 3.05) is 0 Å². The molecule has 0 radical (unpaired) electrons. The van der Waals surface area contributed by atoms with Gasteiger partial charge < -0.3 is 0 Å². The fourth-order valence-corrected chi connectivity index (χ4v) is 14.7. The van der Waals surface area contributed by atoms with E-state index in [1.54, 1.807) is 5.30 Å². The third-order valence-corrected chi connectivity index (χ3v) is 17.2. The molecule has 0 bridgehead atoms. The van der Waals surface area contributed by atoms with Crippen LogP contribution < -0.4 is 5.30 Å². The zero-order valence-corrected chi connectivity index (χ0v) is 33.0. The number of hydrogen-bond acceptors (Lipinski definition) is 1. The topological polar surface area (TPSA) is 20.3 Å². The van der Waals surface area contributed by atoms with Gasteiger partial charge in [-0.05, 0) is 118 Å². The van der Waals surface area contributed by atoms with Crippen molar-refractivity contribution in [3.8, 4) is 0 Å². The molecule has 4 heteroatoms. The maximum absolute atomic E-state index is 15.5. The summed E-state index contributed by atoms with van der Waals surface area (Å²) in [4.78, 5) is 0. The van der Waals surface area contributed by atoms with Crippen LogP contribution in [0.25, 0.3) is 32.3 Å². The molecule has 268 valence electrons. The van der Waals surface area contributed by atoms with E-state index in [0.29, 0.717) is 6.54 Å². The monoisotopic (exact) mass is 723 g/mol. The molecule has 0 N–H and O–H groups in total. The molecule has 0 heterocycles. The fraction of sp³-hybridized carbons (Fsp3) is 0.375. The molecule has 2 fully saturated rings. The van der Waals surface area contributed by atoms with E-state index in [2.05, 4.69) is 146 Å². The highest BCUT2D eigenvalue weighted by molar-refractivity contribution is 7.84. The Morgan fingerprint density at radius 2 is 1.08 bits per heavy atom. The number of hydrogen-bond donors (Lipinski definition) is 0. The van der Waals surface area contributed by atoms with E-state index in [1.807, 2.05) is 0 Å². The predicted octanol–water partition coefficient (Wildman–Crippen LogP) is 13.0. The third kappa shape index (κ3) is 7.14. The fourth-order valence-electron chi connectivity index (χ4n) is 9.36. The molecule has 2 saturated carbocycles. The van der Waals surface area contributed by atoms with Gasteiger partial charge in [0.1, 0.15) is 11.0 Å². The van der Waals surface area contributed by atoms with Crippen LogP contribution >= 0.6 is 7.92 Å². The van der Waals surface area contributed by atoms with Crippen molar-refractivity contribution < 1.29 is 4.21 Å². The lowest BCUT2D eigenvalue weighted by Crippen LogP contribution is -2.41. The van der Waals surface area contributed by atoms with E-state index in [9.17, 15) is 0 Å². The summed E-state index contributed by atoms with van der Waals surface area (Å²) in [6.07, 6.45) is 13.6. The highest BCUT2D eigenvalue weighted by Gasteiger charge is 2.39. The highest BCUT2D eigenvalue weighted by Crippen LogP contribution is 2.56. The quantitative estimate of drug-likeness (QED) is 0.107. The molecule has 8 rings (SSSR count). The molecule has 2 aliphatic carbocycles. The maximum atomic E-state index is 15.5. The Bertz CT molecular complexity index is 2110. The Morgan fingerprint density at radius 3 is 1.67 bits per heavy atom. The second-order valence-electron chi connectivity index (χ2n) is 16.3. The lowest BCUT2D eigenvalue weighted by Gasteiger charge is -2.42. The molecule has 0 amide bonds. The van der Waals surface area contributed by atoms with Crippen LogP contribution in [0.5, 0.6) is 0 Å². The number of benzene rings is 6. The molecule has 0 spiro atoms. The lowest BCUT2D eigenvalue weighted by atomic mass is 9.92. The first-order valence-electron chi connectivity index (χ1n) is 19.8. The van der Waals surface area contributed by atoms with Gasteiger partial charge in [0, 0.05) is 6.54 Å². The first-order chi connectivity index (χ1) is 25.4. The summed E-state index contributed by atoms with van der Waals surface area (Å²) in [5.74, 6) is 0. The second-order valence-corrected chi connectivity index (χ2v) is 21.2. The van der Waals surface area contributed by atoms with E-state index in [1.165, 1.54) is 113 Å². The molecule has 2 atom stereocenters. The number of nitrogens with zero attached hydrogens (tertiary/aromatic N) is 1. The van der Waals surface area contributed by atoms with Crippen LogP contribution in [0, 0.1) is 0 Å². The van der Waals surface area contributed by atoms with Gasteiger partial charge >= 0.3 is 0 Å². The minimum absolute atomic E-state index is 0.183. The van der Waals surface area contributed by atoms with Crippen molar-refractivity contribution in [2.45, 2.75) is 114 Å². The summed E-state index contributed by atoms with van der Waals surface area (Å²) in [7, 11) is -1.72. The second kappa shape index (κ2) is 15.5. The Morgan fingerprint density at radius 1 is 0.596 bits per heavy atom. The van der Waals surface area contributed by atoms with Gasteiger partial charge in [-0.15, -0.1) is 0 Å². The smallest absolute Gasteiger partial charge is 0.101 e. The molecule has 0 aromatic heterocycles. The summed E-state index contributed by atoms with van der Waals surface area (Å²) in [6, 6.07) is 44.9. The van der Waals surface area contributed by atoms with Crippen molar-refractivity contribution in [3.63, 3.8) is 0 Å². The van der Waals surface area contributed by atoms with E-state index >= 15 is 4.21 Å². The van der Waals surface area contributed by atoms with Crippen LogP contribution in [0.2, 0.25) is 0 Å². The molecule has 0 saturated heterocycles. The largest absolute Gasteiger partial charge is 0.242 e. The van der Waals surface area contributed by atoms with Crippen LogP contribution in [0.1, 0.15) is 108 Å². The van der Waals surface area contributed by atoms with Gasteiger partial charge in [-0.1, -0.05) is 162 Å². The summed E-state index contributed by atoms with van der Waals surface area (Å²) >= 11 is 0. The normalized spacial score (nSPS) is 17.7. The van der Waals surface area contributed by atoms with Crippen LogP contribution in [0.15, 0.2) is 121 Å². The van der Waals surface area contributed by atoms with Crippen molar-refractivity contribution in [1.29, 1.82) is 0 Å². The van der Waals surface area contributed by atoms with Gasteiger partial charge in [0.2, 0.25) is 0 Å². The van der Waals surface area contributed by atoms with Crippen LogP contribution in [-0.2, 0) is 17.5 Å². The maximum Gasteiger partial charge on any atom is 0.101 e. The molecule has 52 heavy (non-hydrogen) atoms. The summed E-state index contributed by atoms with van der Waals surface area (Å²) in [5.41, 5.74) is 5.43. The van der Waals surface area contributed by atoms with Gasteiger partial charge in [0.05, 0.1) is 10.8 Å². The van der Waals surface area contributed by atoms with Gasteiger partial charge in [0.15, 0.2) is 0 Å². The van der Waals surface area contributed by atoms with Crippen LogP contribution in [0.3, 0.4) is 0 Å². The van der Waals surface area contributed by atoms with E-state index < -0.39 is 23.7 Å². The zero-order chi connectivity index (χ0) is 35.7. The van der Waals surface area contributed by atoms with Crippen LogP contribution in [-0.4, -0.2) is 24.6 Å². The SMILES string of the molecule is CC(C)(C)S(=O)N(Cc1c2ccccc2cc2ccccc12)C(c1ccccc1P(C1CCCCC1)C1CCCCC1)c1cccc2ccccc12. The van der Waals surface area contributed by atoms with Crippen molar-refractivity contribution in [1.82, 2.24) is 4.31 Å². The first-order valence-corrected chi connectivity index (χ1v) is 22.4. The Labute approximate surface area is 315 Å². The molecular formula is C48H54NOPS. The van der Waals surface area contributed by atoms with Gasteiger partial charge in [-0.2, -0.15) is 0 Å². The van der Waals surface area contributed by atoms with Crippen molar-refractivity contribution in [2.24, 2.45) is 0 Å². The van der Waals surface area contributed by atoms with Crippen molar-refractivity contribution >= 4 is 56.5 Å². The number of fused-ring (bicyclic) bond motifs is 3. The molecule has 2 nitrogen and oxygen atoms in total. The summed E-state index contributed by atoms with van der Waals surface area (Å²) in [6.45, 7) is 7.04. The molecule has 2 aliphatic rings. The van der Waals surface area contributed by atoms with E-state index in [-0.39, 0.29) is 6.04 Å². The zero-order valence-electron chi connectivity index (χ0n) is 31.3. The molecule has 6 aromatic rings. The van der Waals surface area contributed by atoms with Gasteiger partial charge in [-0.25, -0.2) is 8.51 Å². The predicted molar refractivity (Wildman–Crippen MR) is 227 cm³/mol. The average Bonchev–Trinajstić information content (AvgIpc) is 3.18. The lowest BCUT2D eigenvalue weighted by molar-refractivity contribution is 0.374. The third-order valence-electron chi connectivity index (χ3n) is 11.8. The molecule has 0 aliphatic heterocycles. The number of rotatable bonds is 9. The highest BCUT2D eigenvalue weighted by atomic mass is 32.2. The van der Waals surface area contributed by atoms with Gasteiger partial charge in [-0.3, -0.25) is 0 Å². The Hall–Kier alpha value is -3.36. The Balaban J connectivity index is 1.40. The van der Waals surface area contributed by atoms with E-state index in [0.717, 1.165) is 11.3 Å². The minimum atomic E-state index is -1.33. The van der Waals surface area contributed by atoms with E-state index in [4.69, 9.17) is 0 Å². The molecular weight excluding hydrogens is 670 g/mol. The molecule has 2 unspecified atom stereocenters. The Kier molecular flexibility index (Phi) is 10.7.